The van der Waals surface area contributed by atoms with Crippen LogP contribution in [-0.4, -0.2) is 178 Å². The number of pyridine rings is 2. The zero-order chi connectivity index (χ0) is 108. The number of Topliss-reactive ketones (excluding diaryl/α,β-unsaturated/α-hetero) is 7. The first-order valence-corrected chi connectivity index (χ1v) is 49.0. The summed E-state index contributed by atoms with van der Waals surface area (Å²) in [6.07, 6.45) is 4.28. The number of hydrogen-bond donors (Lipinski definition) is 7. The van der Waals surface area contributed by atoms with E-state index < -0.39 is 81.9 Å². The third kappa shape index (κ3) is 48.3. The largest absolute Gasteiger partial charge is 0.464 e. The lowest BCUT2D eigenvalue weighted by Crippen LogP contribution is -2.35. The van der Waals surface area contributed by atoms with Gasteiger partial charge in [-0.25, -0.2) is 33.6 Å². The number of ether oxygens (including phenoxy) is 7. The van der Waals surface area contributed by atoms with E-state index in [1.54, 1.807) is 199 Å². The molecule has 0 saturated heterocycles. The van der Waals surface area contributed by atoms with Crippen LogP contribution >= 0.6 is 22.7 Å². The third-order valence-corrected chi connectivity index (χ3v) is 20.9. The molecule has 146 heavy (non-hydrogen) atoms. The second-order valence-electron chi connectivity index (χ2n) is 40.6. The topological polar surface area (TPSA) is 440 Å². The number of rotatable bonds is 28. The van der Waals surface area contributed by atoms with Crippen LogP contribution in [0.1, 0.15) is 184 Å². The molecule has 34 heteroatoms. The zero-order valence-corrected chi connectivity index (χ0v) is 88.5. The molecule has 6 heterocycles. The highest BCUT2D eigenvalue weighted by Crippen LogP contribution is 2.29. The van der Waals surface area contributed by atoms with Gasteiger partial charge in [-0.15, -0.1) is 22.7 Å². The molecule has 778 valence electrons. The second-order valence-corrected chi connectivity index (χ2v) is 42.7. The summed E-state index contributed by atoms with van der Waals surface area (Å²) in [6, 6.07) is 62.1. The van der Waals surface area contributed by atoms with Crippen molar-refractivity contribution in [3.63, 3.8) is 0 Å². The molecule has 0 spiro atoms. The number of furan rings is 2. The Bertz CT molecular complexity index is 6170. The quantitative estimate of drug-likeness (QED) is 0.0224. The van der Waals surface area contributed by atoms with Crippen LogP contribution in [0.15, 0.2) is 233 Å². The molecule has 7 amide bonds. The van der Waals surface area contributed by atoms with Crippen molar-refractivity contribution < 1.29 is 109 Å². The average Bonchev–Trinajstić information content (AvgIpc) is 1.75. The Hall–Kier alpha value is -15.1. The summed E-state index contributed by atoms with van der Waals surface area (Å²) >= 11 is 3.23. The Morgan fingerprint density at radius 2 is 0.658 bits per heavy atom. The van der Waals surface area contributed by atoms with Gasteiger partial charge in [0, 0.05) is 93.1 Å². The first-order valence-electron chi connectivity index (χ1n) is 47.4. The lowest BCUT2D eigenvalue weighted by atomic mass is 10.0. The van der Waals surface area contributed by atoms with Gasteiger partial charge in [0.1, 0.15) is 56.1 Å². The van der Waals surface area contributed by atoms with Crippen LogP contribution in [0.5, 0.6) is 0 Å². The Morgan fingerprint density at radius 3 is 1.11 bits per heavy atom. The third-order valence-electron chi connectivity index (χ3n) is 18.8. The molecular weight excluding hydrogens is 1900 g/mol. The molecule has 32 nitrogen and oxygen atoms in total. The molecule has 7 N–H and O–H groups in total. The summed E-state index contributed by atoms with van der Waals surface area (Å²) in [5.74, 6) is 0.0364. The van der Waals surface area contributed by atoms with Gasteiger partial charge in [0.05, 0.1) is 64.0 Å². The maximum Gasteiger partial charge on any atom is 0.408 e. The number of alkyl carbamates (subject to hydrolysis) is 7. The van der Waals surface area contributed by atoms with E-state index in [0.717, 1.165) is 87.1 Å². The number of carbonyl (C=O) groups is 14. The number of hydrogen-bond acceptors (Lipinski definition) is 27. The van der Waals surface area contributed by atoms with Crippen LogP contribution < -0.4 is 37.2 Å². The standard InChI is InChI=1S/C18H21NO3.C17H20N2O3.2C16H19NO4.2C16H19NO3S.C13H18N2O3/c1-18(2,3)22-17(21)19-12-16(20)11-13-8-9-14-6-4-5-7-15(14)10-13;1-17(2,3)22-16(21)19-11-14(20)9-12-8-13-6-4-5-7-15(13)18-10-12;1-16(2,3)21-15(19)17-9-12(18)8-11-10-20-14-7-5-4-6-13(11)14;1-16(2,3)21-15(19)17-10-12(18)9-13-8-11-6-4-5-7-14(11)20-13;1-16(2,3)20-15(19)17-9-12(18)8-11-10-21-14-7-5-4-6-13(11)14;1-16(2,3)20-15(19)17-10-12(18)9-13-8-11-6-4-5-7-14(11)21-13;1-13(2,3)18-12(17)15-9-11(16)7-10-5-4-6-14-8-10/h4-10H,11-12H2,1-3H3,(H,19,21);4-8,10H,9,11H2,1-3H3,(H,19,21);4-7,10H,8-9H2,1-3H3,(H,17,19);4-8H,9-10H2,1-3H3,(H,17,19);4-7,10H,8-9H2,1-3H3,(H,17,19);4-8H,9-10H2,1-3H3,(H,17,19);4-6,8H,7,9H2,1-3H3,(H,15,17). The van der Waals surface area contributed by atoms with Gasteiger partial charge in [-0.05, 0) is 249 Å². The van der Waals surface area contributed by atoms with Crippen LogP contribution in [-0.2, 0) is 112 Å². The van der Waals surface area contributed by atoms with Gasteiger partial charge in [-0.2, -0.15) is 0 Å². The van der Waals surface area contributed by atoms with Crippen molar-refractivity contribution in [1.82, 2.24) is 47.2 Å². The first kappa shape index (κ1) is 118. The number of ketones is 7. The lowest BCUT2D eigenvalue weighted by Gasteiger charge is -2.19. The van der Waals surface area contributed by atoms with Gasteiger partial charge in [-0.3, -0.25) is 43.5 Å². The van der Waals surface area contributed by atoms with Crippen molar-refractivity contribution >= 4 is 170 Å². The Balaban J connectivity index is 0.000000231. The number of para-hydroxylation sites is 3. The predicted octanol–water partition coefficient (Wildman–Crippen LogP) is 21.3. The van der Waals surface area contributed by atoms with E-state index >= 15 is 0 Å². The fourth-order valence-corrected chi connectivity index (χ4v) is 15.0. The molecule has 13 rings (SSSR count). The van der Waals surface area contributed by atoms with Crippen molar-refractivity contribution in [2.75, 3.05) is 45.8 Å². The maximum atomic E-state index is 12.0. The highest BCUT2D eigenvalue weighted by Gasteiger charge is 2.26. The highest BCUT2D eigenvalue weighted by atomic mass is 32.1. The maximum absolute atomic E-state index is 12.0. The molecule has 0 atom stereocenters. The summed E-state index contributed by atoms with van der Waals surface area (Å²) in [5, 5.41) is 26.6. The zero-order valence-electron chi connectivity index (χ0n) is 86.9. The molecule has 0 radical (unpaired) electrons. The molecule has 0 fully saturated rings. The monoisotopic (exact) mass is 2040 g/mol. The van der Waals surface area contributed by atoms with E-state index in [9.17, 15) is 67.1 Å². The normalized spacial score (nSPS) is 11.3. The van der Waals surface area contributed by atoms with Crippen molar-refractivity contribution in [1.29, 1.82) is 0 Å². The van der Waals surface area contributed by atoms with Gasteiger partial charge in [0.15, 0.2) is 40.5 Å². The van der Waals surface area contributed by atoms with Gasteiger partial charge in [0.25, 0.3) is 0 Å². The van der Waals surface area contributed by atoms with Crippen LogP contribution in [0.4, 0.5) is 33.6 Å². The smallest absolute Gasteiger partial charge is 0.408 e. The molecule has 0 aliphatic rings. The van der Waals surface area contributed by atoms with Crippen LogP contribution in [0.3, 0.4) is 0 Å². The molecule has 7 aromatic carbocycles. The molecule has 0 saturated carbocycles. The number of nitrogens with zero attached hydrogens (tertiary/aromatic N) is 2. The summed E-state index contributed by atoms with van der Waals surface area (Å²) in [7, 11) is 0. The molecule has 0 bridgehead atoms. The minimum atomic E-state index is -0.597. The SMILES string of the molecule is CC(C)(C)OC(=O)NCC(=O)Cc1cc2ccccc2o1.CC(C)(C)OC(=O)NCC(=O)Cc1cc2ccccc2s1.CC(C)(C)OC(=O)NCC(=O)Cc1ccc2ccccc2c1.CC(C)(C)OC(=O)NCC(=O)Cc1cccnc1.CC(C)(C)OC(=O)NCC(=O)Cc1cnc2ccccc2c1.CC(C)(C)OC(=O)NCC(=O)Cc1coc2ccccc12.CC(C)(C)OC(=O)NCC(=O)Cc1csc2ccccc12. The summed E-state index contributed by atoms with van der Waals surface area (Å²) < 4.78 is 48.8. The Morgan fingerprint density at radius 1 is 0.295 bits per heavy atom. The van der Waals surface area contributed by atoms with Gasteiger partial charge in [-0.1, -0.05) is 140 Å². The lowest BCUT2D eigenvalue weighted by molar-refractivity contribution is -0.118. The van der Waals surface area contributed by atoms with Crippen molar-refractivity contribution in [2.45, 2.75) is 230 Å². The Labute approximate surface area is 859 Å². The van der Waals surface area contributed by atoms with Crippen molar-refractivity contribution in [2.24, 2.45) is 0 Å². The number of nitrogens with one attached hydrogen (secondary N) is 7. The molecule has 0 aliphatic heterocycles. The fraction of sp³-hybridized carbons (Fsp3) is 0.375. The van der Waals surface area contributed by atoms with Crippen LogP contribution in [0.2, 0.25) is 0 Å². The molecular formula is C112H135N9O23S2. The van der Waals surface area contributed by atoms with E-state index in [-0.39, 0.29) is 112 Å². The molecule has 6 aromatic heterocycles. The number of aromatic nitrogens is 2. The van der Waals surface area contributed by atoms with Gasteiger partial charge in [0.2, 0.25) is 0 Å². The Kier molecular flexibility index (Phi) is 45.0. The van der Waals surface area contributed by atoms with E-state index in [4.69, 9.17) is 42.0 Å². The van der Waals surface area contributed by atoms with E-state index in [1.807, 2.05) is 193 Å². The number of benzene rings is 7. The number of carbonyl (C=O) groups excluding carboxylic acids is 14. The molecule has 0 aliphatic carbocycles. The van der Waals surface area contributed by atoms with E-state index in [1.165, 1.54) is 9.40 Å². The minimum absolute atomic E-state index is 0.0108. The van der Waals surface area contributed by atoms with Crippen molar-refractivity contribution in [3.05, 3.63) is 263 Å². The number of amides is 7. The fourth-order valence-electron chi connectivity index (χ4n) is 13.0. The molecule has 0 unspecified atom stereocenters. The minimum Gasteiger partial charge on any atom is -0.464 e. The summed E-state index contributed by atoms with van der Waals surface area (Å²) in [5.41, 5.74) is 2.85. The van der Waals surface area contributed by atoms with Gasteiger partial charge < -0.3 is 79.2 Å². The molecule has 13 aromatic rings. The van der Waals surface area contributed by atoms with E-state index in [2.05, 4.69) is 47.2 Å². The van der Waals surface area contributed by atoms with E-state index in [0.29, 0.717) is 25.0 Å². The number of fused-ring (bicyclic) bond motifs is 6. The summed E-state index contributed by atoms with van der Waals surface area (Å²) in [6.45, 7) is 37.0. The van der Waals surface area contributed by atoms with Crippen LogP contribution in [0.25, 0.3) is 63.8 Å². The number of thiophene rings is 2. The van der Waals surface area contributed by atoms with Gasteiger partial charge >= 0.3 is 42.7 Å². The first-order chi connectivity index (χ1) is 68.4. The second kappa shape index (κ2) is 55.7. The predicted molar refractivity (Wildman–Crippen MR) is 567 cm³/mol. The van der Waals surface area contributed by atoms with Crippen molar-refractivity contribution in [3.8, 4) is 0 Å². The highest BCUT2D eigenvalue weighted by molar-refractivity contribution is 7.19. The van der Waals surface area contributed by atoms with Crippen LogP contribution in [0, 0.1) is 0 Å². The summed E-state index contributed by atoms with van der Waals surface area (Å²) in [4.78, 5) is 172. The average molecular weight is 2040 g/mol.